The normalized spacial score (nSPS) is 18.7. The van der Waals surface area contributed by atoms with Gasteiger partial charge >= 0.3 is 26.8 Å². The van der Waals surface area contributed by atoms with Crippen LogP contribution in [0.3, 0.4) is 0 Å². The van der Waals surface area contributed by atoms with Crippen molar-refractivity contribution in [2.75, 3.05) is 20.1 Å². The third-order valence-electron chi connectivity index (χ3n) is 1.58. The van der Waals surface area contributed by atoms with Crippen LogP contribution >= 0.6 is 0 Å². The van der Waals surface area contributed by atoms with Crippen molar-refractivity contribution in [3.8, 4) is 0 Å². The molecule has 0 saturated carbocycles. The number of hydrogen-bond donors (Lipinski definition) is 0. The average Bonchev–Trinajstić information content (AvgIpc) is 1.91. The Labute approximate surface area is 73.0 Å². The van der Waals surface area contributed by atoms with E-state index in [1.165, 1.54) is 32.4 Å². The third kappa shape index (κ3) is 6.61. The molecule has 0 atom stereocenters. The first-order valence-electron chi connectivity index (χ1n) is 4.23. The molecule has 0 spiro atoms. The maximum Gasteiger partial charge on any atom is -1.00 e. The first-order valence-corrected chi connectivity index (χ1v) is 6.54. The van der Waals surface area contributed by atoms with Crippen LogP contribution in [-0.2, 0) is 0 Å². The fourth-order valence-electron chi connectivity index (χ4n) is 1.05. The van der Waals surface area contributed by atoms with Gasteiger partial charge in [0.2, 0.25) is 0 Å². The molecule has 1 fully saturated rings. The van der Waals surface area contributed by atoms with Crippen molar-refractivity contribution in [3.63, 3.8) is 0 Å². The van der Waals surface area contributed by atoms with Gasteiger partial charge < -0.3 is 6.33 Å². The van der Waals surface area contributed by atoms with Crippen molar-refractivity contribution in [1.29, 1.82) is 0 Å². The smallest absolute Gasteiger partial charge is 1.00 e. The van der Waals surface area contributed by atoms with Gasteiger partial charge in [-0.3, -0.25) is 0 Å². The maximum atomic E-state index is 2.39. The van der Waals surface area contributed by atoms with Crippen LogP contribution in [0, 0.1) is 0 Å². The van der Waals surface area contributed by atoms with Gasteiger partial charge in [0.1, 0.15) is 0 Å². The Morgan fingerprint density at radius 3 is 1.70 bits per heavy atom. The van der Waals surface area contributed by atoms with E-state index in [9.17, 15) is 0 Å². The van der Waals surface area contributed by atoms with E-state index in [0.29, 0.717) is 0 Å². The monoisotopic (exact) mass is 157 g/mol. The topological polar surface area (TPSA) is 3.24 Å². The summed E-state index contributed by atoms with van der Waals surface area (Å²) in [6.45, 7) is 2.64. The Bertz CT molecular complexity index is 65.1. The molecule has 1 aliphatic rings. The zero-order valence-corrected chi connectivity index (χ0v) is 8.71. The molecular formula is C8H20AlN. The van der Waals surface area contributed by atoms with E-state index in [2.05, 4.69) is 23.5 Å². The molecule has 0 aliphatic carbocycles. The van der Waals surface area contributed by atoms with E-state index >= 15 is 0 Å². The molecule has 1 heterocycles. The first kappa shape index (κ1) is 10.5. The van der Waals surface area contributed by atoms with Crippen molar-refractivity contribution < 1.29 is 1.43 Å². The Morgan fingerprint density at radius 1 is 1.10 bits per heavy atom. The zero-order valence-electron chi connectivity index (χ0n) is 8.56. The summed E-state index contributed by atoms with van der Waals surface area (Å²) in [5.41, 5.74) is 0. The van der Waals surface area contributed by atoms with Gasteiger partial charge in [0.25, 0.3) is 0 Å². The quantitative estimate of drug-likeness (QED) is 0.486. The second-order valence-electron chi connectivity index (χ2n) is 2.94. The van der Waals surface area contributed by atoms with Gasteiger partial charge in [-0.05, 0) is 33.0 Å². The van der Waals surface area contributed by atoms with Crippen LogP contribution in [0.1, 0.15) is 20.7 Å². The van der Waals surface area contributed by atoms with E-state index < -0.39 is 0 Å². The van der Waals surface area contributed by atoms with Crippen LogP contribution in [0.15, 0.2) is 0 Å². The molecule has 1 rings (SSSR count). The predicted molar refractivity (Wildman–Crippen MR) is 49.9 cm³/mol. The van der Waals surface area contributed by atoms with Crippen LogP contribution in [-0.4, -0.2) is 40.3 Å². The summed E-state index contributed by atoms with van der Waals surface area (Å²) in [6.07, 6.45) is 4.28. The minimum atomic E-state index is 0. The molecule has 0 radical (unpaired) electrons. The van der Waals surface area contributed by atoms with Gasteiger partial charge in [-0.2, -0.15) is 0 Å². The second kappa shape index (κ2) is 7.60. The molecule has 0 unspecified atom stereocenters. The largest absolute Gasteiger partial charge is 1.00 e. The summed E-state index contributed by atoms with van der Waals surface area (Å²) in [7, 11) is 2.19. The Hall–Kier alpha value is 0.492. The van der Waals surface area contributed by atoms with E-state index in [1.807, 2.05) is 0 Å². The molecule has 0 aromatic carbocycles. The van der Waals surface area contributed by atoms with Crippen LogP contribution < -0.4 is 0 Å². The fraction of sp³-hybridized carbons (Fsp3) is 1.00. The molecular weight excluding hydrogens is 137 g/mol. The minimum absolute atomic E-state index is 0. The van der Waals surface area contributed by atoms with Gasteiger partial charge in [0.15, 0.2) is 0 Å². The average molecular weight is 157 g/mol. The molecule has 1 aliphatic heterocycles. The predicted octanol–water partition coefficient (Wildman–Crippen LogP) is 2.00. The first-order chi connectivity index (χ1) is 4.81. The van der Waals surface area contributed by atoms with Crippen LogP contribution in [0.2, 0.25) is 11.6 Å². The van der Waals surface area contributed by atoms with Crippen LogP contribution in [0.25, 0.3) is 0 Å². The van der Waals surface area contributed by atoms with Crippen molar-refractivity contribution in [2.45, 2.75) is 30.8 Å². The SMILES string of the molecule is CN1CCCCC1.[CH3][Al+][CH3].[H-]. The number of piperidine rings is 1. The van der Waals surface area contributed by atoms with Crippen LogP contribution in [0.4, 0.5) is 0 Å². The van der Waals surface area contributed by atoms with Gasteiger partial charge in [0.05, 0.1) is 0 Å². The van der Waals surface area contributed by atoms with Gasteiger partial charge in [-0.25, -0.2) is 0 Å². The van der Waals surface area contributed by atoms with E-state index in [4.69, 9.17) is 0 Å². The maximum absolute atomic E-state index is 2.39. The van der Waals surface area contributed by atoms with Gasteiger partial charge in [-0.1, -0.05) is 6.42 Å². The van der Waals surface area contributed by atoms with E-state index in [-0.39, 0.29) is 1.43 Å². The van der Waals surface area contributed by atoms with Gasteiger partial charge in [-0.15, -0.1) is 0 Å². The summed E-state index contributed by atoms with van der Waals surface area (Å²) in [6, 6.07) is 0. The number of hydrogen-bond acceptors (Lipinski definition) is 1. The molecule has 60 valence electrons. The summed E-state index contributed by atoms with van der Waals surface area (Å²) >= 11 is 0.750. The molecule has 0 aromatic heterocycles. The Balaban J connectivity index is 0. The number of rotatable bonds is 0. The van der Waals surface area contributed by atoms with E-state index in [1.54, 1.807) is 0 Å². The minimum Gasteiger partial charge on any atom is -1.00 e. The van der Waals surface area contributed by atoms with Crippen molar-refractivity contribution in [2.24, 2.45) is 0 Å². The number of nitrogens with zero attached hydrogens (tertiary/aromatic N) is 1. The van der Waals surface area contributed by atoms with Crippen molar-refractivity contribution in [3.05, 3.63) is 0 Å². The Kier molecular flexibility index (Phi) is 7.97. The summed E-state index contributed by atoms with van der Waals surface area (Å²) in [5.74, 6) is 4.42. The molecule has 0 amide bonds. The third-order valence-corrected chi connectivity index (χ3v) is 1.58. The summed E-state index contributed by atoms with van der Waals surface area (Å²) in [5, 5.41) is 0. The van der Waals surface area contributed by atoms with Crippen LogP contribution in [0.5, 0.6) is 0 Å². The van der Waals surface area contributed by atoms with E-state index in [0.717, 1.165) is 15.2 Å². The number of likely N-dealkylation sites (tertiary alicyclic amines) is 1. The molecule has 0 aromatic rings. The molecule has 0 bridgehead atoms. The standard InChI is InChI=1S/C6H13N.2CH3.Al.H/c1-7-5-3-2-4-6-7;;;;/h2-6H2,1H3;2*1H3;;/q;;;+1;-1. The molecule has 10 heavy (non-hydrogen) atoms. The summed E-state index contributed by atoms with van der Waals surface area (Å²) in [4.78, 5) is 2.39. The molecule has 0 N–H and O–H groups in total. The van der Waals surface area contributed by atoms with Gasteiger partial charge in [0, 0.05) is 0 Å². The van der Waals surface area contributed by atoms with Crippen molar-refractivity contribution in [1.82, 2.24) is 4.90 Å². The molecule has 1 nitrogen and oxygen atoms in total. The van der Waals surface area contributed by atoms with Crippen molar-refractivity contribution >= 4 is 15.2 Å². The molecule has 2 heteroatoms. The second-order valence-corrected chi connectivity index (χ2v) is 4.10. The fourth-order valence-corrected chi connectivity index (χ4v) is 1.05. The zero-order chi connectivity index (χ0) is 7.82. The molecule has 1 saturated heterocycles. The Morgan fingerprint density at radius 2 is 1.50 bits per heavy atom. The summed E-state index contributed by atoms with van der Waals surface area (Å²) < 4.78 is 0.